The third-order valence-corrected chi connectivity index (χ3v) is 6.24. The van der Waals surface area contributed by atoms with Crippen molar-refractivity contribution < 1.29 is 4.39 Å². The summed E-state index contributed by atoms with van der Waals surface area (Å²) in [5.74, 6) is 0. The number of hydrogen-bond donors (Lipinski definition) is 0. The van der Waals surface area contributed by atoms with Crippen LogP contribution in [0.4, 0.5) is 4.39 Å². The number of aryl methyl sites for hydroxylation is 2. The van der Waals surface area contributed by atoms with Crippen molar-refractivity contribution in [3.8, 4) is 17.3 Å². The number of aromatic nitrogens is 5. The minimum atomic E-state index is -2.17. The van der Waals surface area contributed by atoms with Crippen molar-refractivity contribution in [2.75, 3.05) is 0 Å². The molecule has 0 saturated heterocycles. The van der Waals surface area contributed by atoms with Crippen LogP contribution in [0, 0.1) is 11.3 Å². The lowest BCUT2D eigenvalue weighted by Gasteiger charge is -2.26. The van der Waals surface area contributed by atoms with E-state index in [-0.39, 0.29) is 22.6 Å². The molecule has 9 heteroatoms. The monoisotopic (exact) mass is 484 g/mol. The summed E-state index contributed by atoms with van der Waals surface area (Å²) in [6.07, 6.45) is 2.98. The van der Waals surface area contributed by atoms with Crippen molar-refractivity contribution in [3.63, 3.8) is 0 Å². The second-order valence-corrected chi connectivity index (χ2v) is 8.53. The first-order chi connectivity index (χ1) is 16.8. The van der Waals surface area contributed by atoms with Crippen molar-refractivity contribution in [3.05, 3.63) is 111 Å². The average molecular weight is 485 g/mol. The van der Waals surface area contributed by atoms with Crippen LogP contribution in [0.1, 0.15) is 22.6 Å². The quantitative estimate of drug-likeness (QED) is 0.374. The van der Waals surface area contributed by atoms with Crippen LogP contribution in [-0.2, 0) is 19.8 Å². The van der Waals surface area contributed by atoms with Gasteiger partial charge in [-0.1, -0.05) is 29.8 Å². The number of benzene rings is 1. The molecule has 0 bridgehead atoms. The van der Waals surface area contributed by atoms with E-state index >= 15 is 4.39 Å². The molecule has 0 saturated carbocycles. The van der Waals surface area contributed by atoms with Gasteiger partial charge in [-0.25, -0.2) is 19.3 Å². The molecule has 5 aromatic rings. The number of imidazole rings is 1. The maximum absolute atomic E-state index is 17.3. The van der Waals surface area contributed by atoms with Crippen molar-refractivity contribution in [2.45, 2.75) is 5.67 Å². The Balaban J connectivity index is 1.84. The molecule has 0 radical (unpaired) electrons. The first kappa shape index (κ1) is 22.4. The van der Waals surface area contributed by atoms with Crippen LogP contribution in [0.3, 0.4) is 0 Å². The molecule has 7 nitrogen and oxygen atoms in total. The lowest BCUT2D eigenvalue weighted by molar-refractivity contribution is 0.260. The third-order valence-electron chi connectivity index (χ3n) is 5.99. The summed E-state index contributed by atoms with van der Waals surface area (Å²) in [7, 11) is 3.33. The Kier molecular flexibility index (Phi) is 5.42. The molecule has 1 unspecified atom stereocenters. The van der Waals surface area contributed by atoms with Gasteiger partial charge in [-0.05, 0) is 36.4 Å². The third kappa shape index (κ3) is 3.66. The summed E-state index contributed by atoms with van der Waals surface area (Å²) in [5, 5.41) is 9.77. The maximum atomic E-state index is 17.3. The molecule has 0 amide bonds. The van der Waals surface area contributed by atoms with E-state index in [1.165, 1.54) is 23.2 Å². The minimum Gasteiger partial charge on any atom is -0.334 e. The summed E-state index contributed by atoms with van der Waals surface area (Å²) < 4.78 is 20.3. The number of alkyl halides is 1. The SMILES string of the molecule is Cn1cncc1C(F)(c1ccc(Cl)cc1)c1ccc2c(n1)c(-c1cccc(C#N)n1)cc(=O)n2C. The van der Waals surface area contributed by atoms with Crippen LogP contribution in [-0.4, -0.2) is 24.1 Å². The molecule has 172 valence electrons. The van der Waals surface area contributed by atoms with Gasteiger partial charge < -0.3 is 9.13 Å². The van der Waals surface area contributed by atoms with Gasteiger partial charge in [-0.2, -0.15) is 5.26 Å². The normalized spacial score (nSPS) is 12.9. The van der Waals surface area contributed by atoms with Crippen molar-refractivity contribution in [1.29, 1.82) is 5.26 Å². The Morgan fingerprint density at radius 2 is 1.83 bits per heavy atom. The zero-order valence-corrected chi connectivity index (χ0v) is 19.5. The molecule has 1 aromatic carbocycles. The summed E-state index contributed by atoms with van der Waals surface area (Å²) in [5.41, 5.74) is 0.152. The van der Waals surface area contributed by atoms with Gasteiger partial charge in [0.1, 0.15) is 11.8 Å². The van der Waals surface area contributed by atoms with Crippen LogP contribution in [0.15, 0.2) is 78.0 Å². The minimum absolute atomic E-state index is 0.104. The summed E-state index contributed by atoms with van der Waals surface area (Å²) in [4.78, 5) is 25.9. The molecule has 1 atom stereocenters. The van der Waals surface area contributed by atoms with Gasteiger partial charge in [0.2, 0.25) is 5.67 Å². The van der Waals surface area contributed by atoms with Gasteiger partial charge in [0, 0.05) is 36.3 Å². The fourth-order valence-corrected chi connectivity index (χ4v) is 4.28. The fraction of sp³-hybridized carbons (Fsp3) is 0.115. The molecular weight excluding hydrogens is 467 g/mol. The Morgan fingerprint density at radius 3 is 2.51 bits per heavy atom. The van der Waals surface area contributed by atoms with Crippen LogP contribution < -0.4 is 5.56 Å². The molecule has 0 N–H and O–H groups in total. The van der Waals surface area contributed by atoms with Crippen molar-refractivity contribution >= 4 is 22.6 Å². The number of pyridine rings is 3. The van der Waals surface area contributed by atoms with Crippen LogP contribution in [0.25, 0.3) is 22.3 Å². The molecule has 4 heterocycles. The molecule has 5 rings (SSSR count). The van der Waals surface area contributed by atoms with E-state index in [9.17, 15) is 10.1 Å². The van der Waals surface area contributed by atoms with Gasteiger partial charge in [0.25, 0.3) is 5.56 Å². The van der Waals surface area contributed by atoms with E-state index in [0.29, 0.717) is 32.9 Å². The van der Waals surface area contributed by atoms with E-state index in [0.717, 1.165) is 0 Å². The van der Waals surface area contributed by atoms with Crippen molar-refractivity contribution in [1.82, 2.24) is 24.1 Å². The van der Waals surface area contributed by atoms with Crippen molar-refractivity contribution in [2.24, 2.45) is 14.1 Å². The summed E-state index contributed by atoms with van der Waals surface area (Å²) >= 11 is 6.07. The maximum Gasteiger partial charge on any atom is 0.251 e. The number of halogens is 2. The zero-order chi connectivity index (χ0) is 24.7. The highest BCUT2D eigenvalue weighted by atomic mass is 35.5. The molecule has 0 aliphatic heterocycles. The smallest absolute Gasteiger partial charge is 0.251 e. The van der Waals surface area contributed by atoms with Gasteiger partial charge in [0.15, 0.2) is 0 Å². The van der Waals surface area contributed by atoms with Gasteiger partial charge in [-0.15, -0.1) is 0 Å². The number of hydrogen-bond acceptors (Lipinski definition) is 5. The van der Waals surface area contributed by atoms with Crippen LogP contribution in [0.5, 0.6) is 0 Å². The second kappa shape index (κ2) is 8.46. The Morgan fingerprint density at radius 1 is 1.06 bits per heavy atom. The van der Waals surface area contributed by atoms with Gasteiger partial charge >= 0.3 is 0 Å². The van der Waals surface area contributed by atoms with E-state index in [2.05, 4.69) is 9.97 Å². The topological polar surface area (TPSA) is 89.4 Å². The molecular formula is C26H18ClFN6O. The summed E-state index contributed by atoms with van der Waals surface area (Å²) in [6.45, 7) is 0. The molecule has 0 spiro atoms. The molecule has 0 aliphatic carbocycles. The van der Waals surface area contributed by atoms with Crippen LogP contribution >= 0.6 is 11.6 Å². The molecule has 0 aliphatic rings. The molecule has 4 aromatic heterocycles. The fourth-order valence-electron chi connectivity index (χ4n) is 4.16. The lowest BCUT2D eigenvalue weighted by Crippen LogP contribution is -2.28. The highest BCUT2D eigenvalue weighted by Crippen LogP contribution is 2.41. The highest BCUT2D eigenvalue weighted by molar-refractivity contribution is 6.30. The second-order valence-electron chi connectivity index (χ2n) is 8.09. The predicted octanol–water partition coefficient (Wildman–Crippen LogP) is 4.52. The Bertz CT molecular complexity index is 1690. The number of rotatable bonds is 4. The number of nitrogens with zero attached hydrogens (tertiary/aromatic N) is 6. The van der Waals surface area contributed by atoms with Crippen LogP contribution in [0.2, 0.25) is 5.02 Å². The number of nitriles is 1. The Hall–Kier alpha value is -4.35. The van der Waals surface area contributed by atoms with Gasteiger partial charge in [0.05, 0.1) is 40.6 Å². The molecule has 35 heavy (non-hydrogen) atoms. The van der Waals surface area contributed by atoms with E-state index < -0.39 is 5.67 Å². The van der Waals surface area contributed by atoms with E-state index in [1.54, 1.807) is 73.3 Å². The first-order valence-electron chi connectivity index (χ1n) is 10.6. The predicted molar refractivity (Wildman–Crippen MR) is 131 cm³/mol. The van der Waals surface area contributed by atoms with E-state index in [1.807, 2.05) is 6.07 Å². The summed E-state index contributed by atoms with van der Waals surface area (Å²) in [6, 6.07) is 18.0. The molecule has 0 fully saturated rings. The largest absolute Gasteiger partial charge is 0.334 e. The average Bonchev–Trinajstić information content (AvgIpc) is 3.32. The lowest BCUT2D eigenvalue weighted by atomic mass is 9.88. The highest BCUT2D eigenvalue weighted by Gasteiger charge is 2.41. The standard InChI is InChI=1S/C26H18ClFN6O/c1-33-15-30-14-23(33)26(28,16-6-8-17(27)9-7-16)22-11-10-21-25(32-22)19(12-24(35)34(21)2)20-5-3-4-18(13-29)31-20/h3-12,14-15H,1-2H3. The first-order valence-corrected chi connectivity index (χ1v) is 11.0. The van der Waals surface area contributed by atoms with E-state index in [4.69, 9.17) is 16.6 Å². The Labute approximate surface area is 204 Å². The van der Waals surface area contributed by atoms with Gasteiger partial charge in [-0.3, -0.25) is 4.79 Å². The zero-order valence-electron chi connectivity index (χ0n) is 18.8. The number of fused-ring (bicyclic) bond motifs is 1.